The van der Waals surface area contributed by atoms with Crippen LogP contribution in [0.4, 0.5) is 11.6 Å². The summed E-state index contributed by atoms with van der Waals surface area (Å²) in [5.41, 5.74) is 4.80. The fourth-order valence-corrected chi connectivity index (χ4v) is 10.1. The van der Waals surface area contributed by atoms with Crippen molar-refractivity contribution < 1.29 is 35.3 Å². The molecule has 0 atom stereocenters. The van der Waals surface area contributed by atoms with Gasteiger partial charge >= 0.3 is 0 Å². The van der Waals surface area contributed by atoms with Crippen molar-refractivity contribution in [3.05, 3.63) is 90.1 Å². The number of unbranched alkanes of at least 4 members (excludes halogenated alkanes) is 2. The SMILES string of the molecule is BrCCCCBr.CNC(=O)c1c(-c2ccc(C)cc2)oc2nc(N(CCCCBr)S(C)(=O)=O)c(I)cc12.CNC(=O)c1c(-c2ccc(C)cc2)oc2nc(NS(C)(=O)=O)c(I)cc12. The Morgan fingerprint density at radius 1 is 0.667 bits per heavy atom. The van der Waals surface area contributed by atoms with Crippen LogP contribution >= 0.6 is 93.0 Å². The summed E-state index contributed by atoms with van der Waals surface area (Å²) >= 11 is 14.1. The summed E-state index contributed by atoms with van der Waals surface area (Å²) in [5.74, 6) is 0.656. The number of furan rings is 2. The lowest BCUT2D eigenvalue weighted by molar-refractivity contribution is 0.0956. The highest BCUT2D eigenvalue weighted by Crippen LogP contribution is 2.38. The van der Waals surface area contributed by atoms with Gasteiger partial charge in [0.2, 0.25) is 31.5 Å². The fourth-order valence-electron chi connectivity index (χ4n) is 5.90. The second kappa shape index (κ2) is 24.1. The van der Waals surface area contributed by atoms with E-state index in [1.54, 1.807) is 19.2 Å². The van der Waals surface area contributed by atoms with Gasteiger partial charge < -0.3 is 19.5 Å². The molecule has 0 aliphatic rings. The van der Waals surface area contributed by atoms with Crippen molar-refractivity contribution in [3.8, 4) is 22.6 Å². The third-order valence-electron chi connectivity index (χ3n) is 8.97. The van der Waals surface area contributed by atoms with Gasteiger partial charge in [-0.3, -0.25) is 18.6 Å². The number of alkyl halides is 3. The van der Waals surface area contributed by atoms with E-state index in [1.807, 2.05) is 85.0 Å². The number of nitrogens with one attached hydrogen (secondary N) is 3. The van der Waals surface area contributed by atoms with Gasteiger partial charge in [0.25, 0.3) is 11.8 Å². The van der Waals surface area contributed by atoms with Crippen LogP contribution in [0.2, 0.25) is 0 Å². The molecule has 2 aromatic carbocycles. The molecule has 6 aromatic rings. The second-order valence-corrected chi connectivity index (χ2v) is 22.4. The van der Waals surface area contributed by atoms with Crippen LogP contribution in [0, 0.1) is 21.0 Å². The lowest BCUT2D eigenvalue weighted by Gasteiger charge is -2.22. The number of anilines is 2. The zero-order chi connectivity index (χ0) is 46.6. The molecule has 0 unspecified atom stereocenters. The van der Waals surface area contributed by atoms with Crippen LogP contribution in [0.3, 0.4) is 0 Å². The average Bonchev–Trinajstić information content (AvgIpc) is 3.79. The largest absolute Gasteiger partial charge is 0.437 e. The topological polar surface area (TPSA) is 194 Å². The molecular weight excluding hydrogens is 1270 g/mol. The Morgan fingerprint density at radius 2 is 1.08 bits per heavy atom. The Hall–Kier alpha value is -2.84. The van der Waals surface area contributed by atoms with Gasteiger partial charge in [0.15, 0.2) is 11.6 Å². The average molecular weight is 1320 g/mol. The summed E-state index contributed by atoms with van der Waals surface area (Å²) in [5, 5.41) is 9.39. The summed E-state index contributed by atoms with van der Waals surface area (Å²) in [6, 6.07) is 18.6. The minimum atomic E-state index is -3.54. The molecule has 0 aliphatic carbocycles. The number of benzene rings is 2. The minimum Gasteiger partial charge on any atom is -0.437 e. The number of nitrogens with zero attached hydrogens (tertiary/aromatic N) is 3. The Morgan fingerprint density at radius 3 is 1.48 bits per heavy atom. The van der Waals surface area contributed by atoms with E-state index in [0.29, 0.717) is 59.3 Å². The van der Waals surface area contributed by atoms with Gasteiger partial charge in [-0.15, -0.1) is 0 Å². The molecule has 0 bridgehead atoms. The predicted octanol–water partition coefficient (Wildman–Crippen LogP) is 10.4. The van der Waals surface area contributed by atoms with E-state index in [-0.39, 0.29) is 29.1 Å². The first-order valence-electron chi connectivity index (χ1n) is 19.3. The van der Waals surface area contributed by atoms with Gasteiger partial charge in [-0.05, 0) is 96.8 Å². The van der Waals surface area contributed by atoms with Crippen LogP contribution < -0.4 is 19.7 Å². The maximum Gasteiger partial charge on any atom is 0.255 e. The first kappa shape index (κ1) is 52.8. The molecule has 14 nitrogen and oxygen atoms in total. The van der Waals surface area contributed by atoms with E-state index < -0.39 is 20.0 Å². The summed E-state index contributed by atoms with van der Waals surface area (Å²) in [6.07, 6.45) is 6.30. The molecule has 0 saturated carbocycles. The molecule has 0 aliphatic heterocycles. The first-order chi connectivity index (χ1) is 29.8. The van der Waals surface area contributed by atoms with Crippen molar-refractivity contribution in [1.29, 1.82) is 0 Å². The number of amides is 2. The van der Waals surface area contributed by atoms with Crippen molar-refractivity contribution >= 4 is 159 Å². The molecule has 340 valence electrons. The number of carbonyl (C=O) groups is 2. The predicted molar refractivity (Wildman–Crippen MR) is 281 cm³/mol. The molecular formula is C42H47Br3I2N6O8S2. The molecule has 2 amide bonds. The number of hydrogen-bond donors (Lipinski definition) is 3. The molecule has 3 N–H and O–H groups in total. The van der Waals surface area contributed by atoms with Gasteiger partial charge in [-0.2, -0.15) is 9.97 Å². The Bertz CT molecular complexity index is 2770. The number of aromatic nitrogens is 2. The Labute approximate surface area is 420 Å². The van der Waals surface area contributed by atoms with Gasteiger partial charge in [0.1, 0.15) is 11.5 Å². The molecule has 4 aromatic heterocycles. The lowest BCUT2D eigenvalue weighted by atomic mass is 10.0. The minimum absolute atomic E-state index is 0.160. The maximum atomic E-state index is 12.7. The molecule has 0 radical (unpaired) electrons. The van der Waals surface area contributed by atoms with E-state index in [1.165, 1.54) is 30.5 Å². The molecule has 4 heterocycles. The number of carbonyl (C=O) groups excluding carboxylic acids is 2. The van der Waals surface area contributed by atoms with Crippen molar-refractivity contribution in [2.24, 2.45) is 0 Å². The maximum absolute atomic E-state index is 12.7. The summed E-state index contributed by atoms with van der Waals surface area (Å²) in [4.78, 5) is 34.0. The third kappa shape index (κ3) is 14.3. The van der Waals surface area contributed by atoms with Crippen LogP contribution in [0.15, 0.2) is 69.5 Å². The van der Waals surface area contributed by atoms with Crippen LogP contribution in [0.1, 0.15) is 57.5 Å². The van der Waals surface area contributed by atoms with Crippen molar-refractivity contribution in [3.63, 3.8) is 0 Å². The quantitative estimate of drug-likeness (QED) is 0.0506. The van der Waals surface area contributed by atoms with Gasteiger partial charge in [0, 0.05) is 47.8 Å². The number of halogens is 5. The number of pyridine rings is 2. The number of rotatable bonds is 15. The Kier molecular flexibility index (Phi) is 20.2. The summed E-state index contributed by atoms with van der Waals surface area (Å²) < 4.78 is 64.7. The fraction of sp³-hybridized carbons (Fsp3) is 0.333. The number of fused-ring (bicyclic) bond motifs is 2. The zero-order valence-electron chi connectivity index (χ0n) is 35.2. The highest BCUT2D eigenvalue weighted by Gasteiger charge is 2.28. The highest BCUT2D eigenvalue weighted by atomic mass is 127. The van der Waals surface area contributed by atoms with Gasteiger partial charge in [-0.1, -0.05) is 107 Å². The van der Waals surface area contributed by atoms with Gasteiger partial charge in [-0.25, -0.2) is 16.8 Å². The summed E-state index contributed by atoms with van der Waals surface area (Å²) in [7, 11) is -3.93. The highest BCUT2D eigenvalue weighted by molar-refractivity contribution is 14.1. The van der Waals surface area contributed by atoms with Crippen molar-refractivity contribution in [1.82, 2.24) is 20.6 Å². The van der Waals surface area contributed by atoms with Crippen LogP contribution in [0.5, 0.6) is 0 Å². The van der Waals surface area contributed by atoms with E-state index in [2.05, 4.69) is 95.7 Å². The van der Waals surface area contributed by atoms with Crippen LogP contribution in [0.25, 0.3) is 44.8 Å². The van der Waals surface area contributed by atoms with E-state index in [0.717, 1.165) is 50.9 Å². The first-order valence-corrected chi connectivity index (χ1v) is 28.5. The number of aryl methyl sites for hydroxylation is 2. The molecule has 0 saturated heterocycles. The van der Waals surface area contributed by atoms with Crippen LogP contribution in [-0.2, 0) is 20.0 Å². The van der Waals surface area contributed by atoms with E-state index >= 15 is 0 Å². The van der Waals surface area contributed by atoms with Crippen LogP contribution in [-0.4, -0.2) is 87.8 Å². The normalized spacial score (nSPS) is 11.3. The number of hydrogen-bond acceptors (Lipinski definition) is 10. The van der Waals surface area contributed by atoms with Crippen molar-refractivity contribution in [2.75, 3.05) is 58.2 Å². The second-order valence-electron chi connectivity index (χ2n) is 14.0. The van der Waals surface area contributed by atoms with E-state index in [9.17, 15) is 26.4 Å². The number of sulfonamides is 2. The smallest absolute Gasteiger partial charge is 0.255 e. The van der Waals surface area contributed by atoms with Gasteiger partial charge in [0.05, 0.1) is 41.6 Å². The van der Waals surface area contributed by atoms with E-state index in [4.69, 9.17) is 8.83 Å². The molecule has 0 fully saturated rings. The molecule has 0 spiro atoms. The lowest BCUT2D eigenvalue weighted by Crippen LogP contribution is -2.32. The summed E-state index contributed by atoms with van der Waals surface area (Å²) in [6.45, 7) is 4.26. The monoisotopic (exact) mass is 1320 g/mol. The van der Waals surface area contributed by atoms with Crippen molar-refractivity contribution in [2.45, 2.75) is 39.5 Å². The third-order valence-corrected chi connectivity index (χ3v) is 14.0. The molecule has 21 heteroatoms. The molecule has 63 heavy (non-hydrogen) atoms. The standard InChI is InChI=1S/C21H23BrIN3O4S.C17H16IN3O4S.C4H8Br2/c1-13-6-8-14(9-7-13)18-17(20(27)24-2)15-12-16(23)19(25-21(15)30-18)26(31(3,28)29)11-5-4-10-22;1-9-4-6-10(7-5-9)14-13(16(22)19-2)11-8-12(18)15(20-17(11)25-14)21-26(3,23)24;5-3-1-2-4-6/h6-9,12H,4-5,10-11H2,1-3H3,(H,24,27);4-8H,1-3H3,(H,19,22)(H,20,21);1-4H2. The molecule has 6 rings (SSSR count). The zero-order valence-corrected chi connectivity index (χ0v) is 46.0. The Balaban J connectivity index is 0.000000248.